The monoisotopic (exact) mass is 319 g/mol. The van der Waals surface area contributed by atoms with Gasteiger partial charge < -0.3 is 9.64 Å². The first-order valence-electron chi connectivity index (χ1n) is 8.59. The average Bonchev–Trinajstić information content (AvgIpc) is 2.55. The van der Waals surface area contributed by atoms with E-state index in [0.717, 1.165) is 31.6 Å². The third-order valence-electron chi connectivity index (χ3n) is 4.01. The van der Waals surface area contributed by atoms with Crippen molar-refractivity contribution in [3.8, 4) is 0 Å². The molecular weight excluding hydrogens is 290 g/mol. The maximum Gasteiger partial charge on any atom is 0.341 e. The zero-order valence-electron chi connectivity index (χ0n) is 14.9. The van der Waals surface area contributed by atoms with Crippen LogP contribution in [0.3, 0.4) is 0 Å². The topological polar surface area (TPSA) is 46.6 Å². The van der Waals surface area contributed by atoms with Gasteiger partial charge in [0.1, 0.15) is 5.57 Å². The van der Waals surface area contributed by atoms with Crippen molar-refractivity contribution in [2.45, 2.75) is 53.4 Å². The predicted octanol–water partition coefficient (Wildman–Crippen LogP) is 3.79. The molecule has 0 saturated heterocycles. The summed E-state index contributed by atoms with van der Waals surface area (Å²) in [5, 5.41) is 0. The minimum atomic E-state index is -0.548. The van der Waals surface area contributed by atoms with Crippen LogP contribution in [0.25, 0.3) is 0 Å². The highest BCUT2D eigenvalue weighted by Gasteiger charge is 2.17. The molecule has 1 aliphatic carbocycles. The van der Waals surface area contributed by atoms with Crippen LogP contribution in [0.5, 0.6) is 0 Å². The predicted molar refractivity (Wildman–Crippen MR) is 93.0 cm³/mol. The third kappa shape index (κ3) is 5.70. The molecule has 0 spiro atoms. The second-order valence-corrected chi connectivity index (χ2v) is 5.56. The molecule has 23 heavy (non-hydrogen) atoms. The van der Waals surface area contributed by atoms with Crippen LogP contribution < -0.4 is 0 Å². The second kappa shape index (κ2) is 10.0. The minimum Gasteiger partial charge on any atom is -0.462 e. The van der Waals surface area contributed by atoms with Gasteiger partial charge in [-0.25, -0.2) is 4.79 Å². The summed E-state index contributed by atoms with van der Waals surface area (Å²) in [5.41, 5.74) is 2.52. The van der Waals surface area contributed by atoms with E-state index in [9.17, 15) is 9.59 Å². The molecule has 0 aromatic rings. The lowest BCUT2D eigenvalue weighted by Crippen LogP contribution is -2.24. The van der Waals surface area contributed by atoms with Gasteiger partial charge in [0.25, 0.3) is 0 Å². The third-order valence-corrected chi connectivity index (χ3v) is 4.01. The Labute approximate surface area is 139 Å². The van der Waals surface area contributed by atoms with E-state index < -0.39 is 5.97 Å². The Bertz CT molecular complexity index is 511. The van der Waals surface area contributed by atoms with Gasteiger partial charge in [-0.2, -0.15) is 0 Å². The van der Waals surface area contributed by atoms with Gasteiger partial charge >= 0.3 is 5.97 Å². The largest absolute Gasteiger partial charge is 0.462 e. The van der Waals surface area contributed by atoms with Crippen molar-refractivity contribution < 1.29 is 14.3 Å². The molecule has 0 aromatic heterocycles. The Balaban J connectivity index is 3.19. The fraction of sp³-hybridized carbons (Fsp3) is 0.579. The fourth-order valence-corrected chi connectivity index (χ4v) is 2.75. The molecule has 0 saturated carbocycles. The van der Waals surface area contributed by atoms with Crippen LogP contribution in [-0.4, -0.2) is 36.3 Å². The highest BCUT2D eigenvalue weighted by molar-refractivity contribution is 6.16. The molecule has 128 valence electrons. The van der Waals surface area contributed by atoms with Gasteiger partial charge in [-0.1, -0.05) is 6.08 Å². The minimum absolute atomic E-state index is 0.105. The normalized spacial score (nSPS) is 15.9. The summed E-state index contributed by atoms with van der Waals surface area (Å²) in [7, 11) is 0. The maximum atomic E-state index is 11.9. The Hall–Kier alpha value is -1.84. The van der Waals surface area contributed by atoms with Crippen LogP contribution in [0.2, 0.25) is 0 Å². The van der Waals surface area contributed by atoms with Crippen LogP contribution in [0.15, 0.2) is 35.1 Å². The fourth-order valence-electron chi connectivity index (χ4n) is 2.75. The lowest BCUT2D eigenvalue weighted by Gasteiger charge is -2.28. The number of esters is 1. The molecule has 0 fully saturated rings. The van der Waals surface area contributed by atoms with E-state index in [2.05, 4.69) is 24.8 Å². The van der Waals surface area contributed by atoms with Gasteiger partial charge in [0.2, 0.25) is 0 Å². The van der Waals surface area contributed by atoms with Crippen LogP contribution in [0, 0.1) is 0 Å². The molecule has 0 amide bonds. The summed E-state index contributed by atoms with van der Waals surface area (Å²) >= 11 is 0. The van der Waals surface area contributed by atoms with Crippen molar-refractivity contribution in [3.05, 3.63) is 35.1 Å². The Kier molecular flexibility index (Phi) is 8.38. The number of carbonyl (C=O) groups is 2. The summed E-state index contributed by atoms with van der Waals surface area (Å²) in [5.74, 6) is -0.816. The lowest BCUT2D eigenvalue weighted by atomic mass is 9.95. The van der Waals surface area contributed by atoms with Gasteiger partial charge in [0.05, 0.1) is 6.61 Å². The number of carbonyl (C=O) groups excluding carboxylic acids is 2. The average molecular weight is 319 g/mol. The van der Waals surface area contributed by atoms with Crippen molar-refractivity contribution in [1.29, 1.82) is 0 Å². The van der Waals surface area contributed by atoms with E-state index in [1.165, 1.54) is 25.3 Å². The second-order valence-electron chi connectivity index (χ2n) is 5.56. The van der Waals surface area contributed by atoms with E-state index >= 15 is 0 Å². The first kappa shape index (κ1) is 19.2. The molecule has 4 heteroatoms. The summed E-state index contributed by atoms with van der Waals surface area (Å²) < 4.78 is 4.97. The summed E-state index contributed by atoms with van der Waals surface area (Å²) in [6.07, 6.45) is 10.3. The van der Waals surface area contributed by atoms with Crippen LogP contribution in [0.1, 0.15) is 53.4 Å². The SMILES string of the molecule is CCOC(=O)/C(=C\C=C(/C1=CCCCC1)N(CC)CC)C(C)=O. The number of likely N-dealkylation sites (N-methyl/N-ethyl adjacent to an activating group) is 1. The molecule has 0 heterocycles. The molecule has 1 aliphatic rings. The first-order chi connectivity index (χ1) is 11.0. The highest BCUT2D eigenvalue weighted by atomic mass is 16.5. The number of Topliss-reactive ketones (excluding diaryl/α,β-unsaturated/α-hetero) is 1. The van der Waals surface area contributed by atoms with Crippen molar-refractivity contribution in [2.24, 2.45) is 0 Å². The van der Waals surface area contributed by atoms with Crippen molar-refractivity contribution in [2.75, 3.05) is 19.7 Å². The van der Waals surface area contributed by atoms with Crippen LogP contribution >= 0.6 is 0 Å². The molecule has 4 nitrogen and oxygen atoms in total. The number of ketones is 1. The number of ether oxygens (including phenoxy) is 1. The summed E-state index contributed by atoms with van der Waals surface area (Å²) in [6.45, 7) is 9.41. The molecule has 0 aromatic carbocycles. The molecule has 1 rings (SSSR count). The smallest absolute Gasteiger partial charge is 0.341 e. The van der Waals surface area contributed by atoms with Crippen molar-refractivity contribution in [1.82, 2.24) is 4.90 Å². The number of nitrogens with zero attached hydrogens (tertiary/aromatic N) is 1. The standard InChI is InChI=1S/C19H29NO3/c1-5-20(6-2)18(16-11-9-8-10-12-16)14-13-17(15(4)21)19(22)23-7-3/h11,13-14H,5-10,12H2,1-4H3/b17-13-,18-14+. The van der Waals surface area contributed by atoms with Gasteiger partial charge in [-0.05, 0) is 71.1 Å². The molecule has 0 bridgehead atoms. The zero-order chi connectivity index (χ0) is 17.2. The van der Waals surface area contributed by atoms with Crippen molar-refractivity contribution >= 4 is 11.8 Å². The molecule has 0 N–H and O–H groups in total. The number of hydrogen-bond acceptors (Lipinski definition) is 4. The van der Waals surface area contributed by atoms with E-state index in [0.29, 0.717) is 0 Å². The zero-order valence-corrected chi connectivity index (χ0v) is 14.9. The Morgan fingerprint density at radius 1 is 1.17 bits per heavy atom. The van der Waals surface area contributed by atoms with Gasteiger partial charge in [0, 0.05) is 18.8 Å². The molecule has 0 aliphatic heterocycles. The van der Waals surface area contributed by atoms with E-state index in [1.807, 2.05) is 6.08 Å². The molecular formula is C19H29NO3. The van der Waals surface area contributed by atoms with E-state index in [1.54, 1.807) is 13.0 Å². The molecule has 0 unspecified atom stereocenters. The molecule has 0 atom stereocenters. The number of rotatable bonds is 8. The molecule has 0 radical (unpaired) electrons. The van der Waals surface area contributed by atoms with Crippen LogP contribution in [-0.2, 0) is 14.3 Å². The first-order valence-corrected chi connectivity index (χ1v) is 8.59. The summed E-state index contributed by atoms with van der Waals surface area (Å²) in [6, 6.07) is 0. The maximum absolute atomic E-state index is 11.9. The van der Waals surface area contributed by atoms with Gasteiger partial charge in [0.15, 0.2) is 5.78 Å². The van der Waals surface area contributed by atoms with Crippen LogP contribution in [0.4, 0.5) is 0 Å². The van der Waals surface area contributed by atoms with E-state index in [-0.39, 0.29) is 18.0 Å². The Morgan fingerprint density at radius 2 is 1.87 bits per heavy atom. The lowest BCUT2D eigenvalue weighted by molar-refractivity contribution is -0.139. The van der Waals surface area contributed by atoms with E-state index in [4.69, 9.17) is 4.74 Å². The number of allylic oxidation sites excluding steroid dienone is 4. The van der Waals surface area contributed by atoms with Gasteiger partial charge in [-0.15, -0.1) is 0 Å². The number of hydrogen-bond donors (Lipinski definition) is 0. The highest BCUT2D eigenvalue weighted by Crippen LogP contribution is 2.26. The summed E-state index contributed by atoms with van der Waals surface area (Å²) in [4.78, 5) is 25.9. The quantitative estimate of drug-likeness (QED) is 0.224. The Morgan fingerprint density at radius 3 is 2.35 bits per heavy atom. The van der Waals surface area contributed by atoms with Crippen molar-refractivity contribution in [3.63, 3.8) is 0 Å². The van der Waals surface area contributed by atoms with Gasteiger partial charge in [-0.3, -0.25) is 4.79 Å².